The molecule has 5 rings (SSSR count). The average Bonchev–Trinajstić information content (AvgIpc) is 3.60. The van der Waals surface area contributed by atoms with Gasteiger partial charge in [0, 0.05) is 56.1 Å². The second-order valence-corrected chi connectivity index (χ2v) is 14.4. The van der Waals surface area contributed by atoms with E-state index in [0.29, 0.717) is 16.3 Å². The van der Waals surface area contributed by atoms with E-state index in [0.717, 1.165) is 18.2 Å². The summed E-state index contributed by atoms with van der Waals surface area (Å²) in [5, 5.41) is 9.47. The summed E-state index contributed by atoms with van der Waals surface area (Å²) in [5.41, 5.74) is -1.54. The molecular weight excluding hydrogens is 719 g/mol. The first kappa shape index (κ1) is 38.1. The monoisotopic (exact) mass is 755 g/mol. The predicted molar refractivity (Wildman–Crippen MR) is 180 cm³/mol. The lowest BCUT2D eigenvalue weighted by Gasteiger charge is -2.42. The van der Waals surface area contributed by atoms with E-state index >= 15 is 4.79 Å². The molecule has 1 unspecified atom stereocenters. The van der Waals surface area contributed by atoms with Crippen LogP contribution in [0.1, 0.15) is 29.5 Å². The second kappa shape index (κ2) is 14.5. The van der Waals surface area contributed by atoms with Crippen molar-refractivity contribution >= 4 is 39.1 Å². The number of hydrogen-bond acceptors (Lipinski definition) is 10. The maximum atomic E-state index is 15.5. The van der Waals surface area contributed by atoms with Crippen LogP contribution in [0.25, 0.3) is 0 Å². The van der Waals surface area contributed by atoms with Gasteiger partial charge in [0.1, 0.15) is 16.4 Å². The van der Waals surface area contributed by atoms with E-state index in [1.807, 2.05) is 0 Å². The van der Waals surface area contributed by atoms with Crippen LogP contribution in [0.3, 0.4) is 0 Å². The van der Waals surface area contributed by atoms with Gasteiger partial charge in [-0.1, -0.05) is 23.2 Å². The highest BCUT2D eigenvalue weighted by molar-refractivity contribution is 7.93. The highest BCUT2D eigenvalue weighted by Gasteiger charge is 2.64. The summed E-state index contributed by atoms with van der Waals surface area (Å²) in [6.45, 7) is 1.65. The number of amides is 2. The number of sulfonamides is 1. The Hall–Kier alpha value is -4.09. The third kappa shape index (κ3) is 6.94. The molecule has 0 radical (unpaired) electrons. The average molecular weight is 756 g/mol. The number of likely N-dealkylation sites (tertiary alicyclic amines) is 1. The molecular formula is C34H37ClF3N3O9S. The Morgan fingerprint density at radius 2 is 1.76 bits per heavy atom. The highest BCUT2D eigenvalue weighted by Crippen LogP contribution is 2.55. The molecule has 3 aromatic rings. The molecule has 1 N–H and O–H groups in total. The van der Waals surface area contributed by atoms with Gasteiger partial charge in [-0.2, -0.15) is 0 Å². The normalized spacial score (nSPS) is 20.7. The third-order valence-electron chi connectivity index (χ3n) is 8.78. The van der Waals surface area contributed by atoms with Gasteiger partial charge >= 0.3 is 6.36 Å². The predicted octanol–water partition coefficient (Wildman–Crippen LogP) is 4.47. The zero-order chi connectivity index (χ0) is 37.5. The number of hydrogen-bond donors (Lipinski definition) is 1. The van der Waals surface area contributed by atoms with Crippen molar-refractivity contribution in [2.45, 2.75) is 48.7 Å². The SMILES string of the molecule is COc1ccc(S(=O)(=O)N2C(=O)C(c3cc(C)ccc3OC)(N3C[C@H](OCCCO)C[C@H]3C(=O)N(C)C)c3cc(Cl)ccc32)c(OC(F)(F)F)c1. The van der Waals surface area contributed by atoms with Crippen molar-refractivity contribution in [3.63, 3.8) is 0 Å². The number of fused-ring (bicyclic) bond motifs is 1. The van der Waals surface area contributed by atoms with Crippen molar-refractivity contribution in [2.24, 2.45) is 0 Å². The summed E-state index contributed by atoms with van der Waals surface area (Å²) < 4.78 is 91.8. The van der Waals surface area contributed by atoms with Gasteiger partial charge in [-0.15, -0.1) is 13.2 Å². The fourth-order valence-electron chi connectivity index (χ4n) is 6.65. The number of alkyl halides is 3. The Balaban J connectivity index is 1.85. The van der Waals surface area contributed by atoms with Crippen molar-refractivity contribution < 1.29 is 55.2 Å². The molecule has 12 nitrogen and oxygen atoms in total. The zero-order valence-electron chi connectivity index (χ0n) is 28.4. The molecule has 3 atom stereocenters. The van der Waals surface area contributed by atoms with Gasteiger partial charge in [-0.05, 0) is 62.2 Å². The smallest absolute Gasteiger partial charge is 0.497 e. The highest BCUT2D eigenvalue weighted by atomic mass is 35.5. The summed E-state index contributed by atoms with van der Waals surface area (Å²) in [7, 11) is 0.375. The molecule has 0 spiro atoms. The minimum atomic E-state index is -5.31. The molecule has 0 aromatic heterocycles. The number of ether oxygens (including phenoxy) is 4. The van der Waals surface area contributed by atoms with E-state index in [2.05, 4.69) is 4.74 Å². The summed E-state index contributed by atoms with van der Waals surface area (Å²) in [5.74, 6) is -2.67. The van der Waals surface area contributed by atoms with Crippen LogP contribution in [-0.4, -0.2) is 102 Å². The molecule has 1 fully saturated rings. The second-order valence-electron chi connectivity index (χ2n) is 12.2. The van der Waals surface area contributed by atoms with Gasteiger partial charge in [-0.25, -0.2) is 12.7 Å². The van der Waals surface area contributed by atoms with Crippen LogP contribution in [0.4, 0.5) is 18.9 Å². The van der Waals surface area contributed by atoms with Crippen molar-refractivity contribution in [1.29, 1.82) is 0 Å². The van der Waals surface area contributed by atoms with Crippen LogP contribution in [-0.2, 0) is 29.9 Å². The Morgan fingerprint density at radius 1 is 1.04 bits per heavy atom. The largest absolute Gasteiger partial charge is 0.573 e. The fraction of sp³-hybridized carbons (Fsp3) is 0.412. The van der Waals surface area contributed by atoms with Crippen molar-refractivity contribution in [3.8, 4) is 17.2 Å². The van der Waals surface area contributed by atoms with E-state index in [9.17, 15) is 31.5 Å². The summed E-state index contributed by atoms with van der Waals surface area (Å²) in [6.07, 6.45) is -5.59. The van der Waals surface area contributed by atoms with Crippen LogP contribution in [0.2, 0.25) is 5.02 Å². The number of aliphatic hydroxyl groups is 1. The number of rotatable bonds is 12. The minimum Gasteiger partial charge on any atom is -0.497 e. The first-order valence-corrected chi connectivity index (χ1v) is 17.5. The topological polar surface area (TPSA) is 135 Å². The zero-order valence-corrected chi connectivity index (χ0v) is 29.9. The number of carbonyl (C=O) groups is 2. The van der Waals surface area contributed by atoms with E-state index < -0.39 is 56.5 Å². The number of halogens is 4. The molecule has 2 amide bonds. The molecule has 51 heavy (non-hydrogen) atoms. The van der Waals surface area contributed by atoms with E-state index in [-0.39, 0.29) is 59.5 Å². The molecule has 276 valence electrons. The Kier molecular flexibility index (Phi) is 10.8. The Bertz CT molecular complexity index is 1930. The van der Waals surface area contributed by atoms with Crippen molar-refractivity contribution in [2.75, 3.05) is 52.4 Å². The number of benzene rings is 3. The van der Waals surface area contributed by atoms with Crippen molar-refractivity contribution in [1.82, 2.24) is 9.80 Å². The number of likely N-dealkylation sites (N-methyl/N-ethyl adjacent to an activating group) is 1. The van der Waals surface area contributed by atoms with E-state index in [4.69, 9.17) is 25.8 Å². The first-order valence-electron chi connectivity index (χ1n) is 15.7. The molecule has 3 aromatic carbocycles. The molecule has 2 aliphatic rings. The molecule has 0 saturated carbocycles. The van der Waals surface area contributed by atoms with Crippen LogP contribution < -0.4 is 18.5 Å². The van der Waals surface area contributed by atoms with Gasteiger partial charge < -0.3 is 29.0 Å². The molecule has 17 heteroatoms. The number of nitrogens with zero attached hydrogens (tertiary/aromatic N) is 3. The minimum absolute atomic E-state index is 0.0341. The fourth-order valence-corrected chi connectivity index (χ4v) is 8.38. The molecule has 0 aliphatic carbocycles. The molecule has 1 saturated heterocycles. The maximum Gasteiger partial charge on any atom is 0.573 e. The van der Waals surface area contributed by atoms with Crippen LogP contribution in [0.5, 0.6) is 17.2 Å². The standard InChI is InChI=1S/C34H37ClF3N3O9S/c1-20-7-11-28(48-5)25(15-20)33(40-19-23(49-14-6-13-42)17-27(40)31(43)39(2)3)24-16-21(35)8-10-26(24)41(32(33)44)51(45,46)30-12-9-22(47-4)18-29(30)50-34(36,37)38/h7-12,15-16,18,23,27,42H,6,13-14,17,19H2,1-5H3/t23-,27+,33?/m1/s1. The summed E-state index contributed by atoms with van der Waals surface area (Å²) >= 11 is 6.56. The number of methoxy groups -OCH3 is 2. The van der Waals surface area contributed by atoms with Crippen LogP contribution in [0.15, 0.2) is 59.5 Å². The van der Waals surface area contributed by atoms with E-state index in [1.165, 1.54) is 51.4 Å². The maximum absolute atomic E-state index is 15.5. The van der Waals surface area contributed by atoms with Gasteiger partial charge in [0.2, 0.25) is 5.91 Å². The number of aryl methyl sites for hydroxylation is 1. The lowest BCUT2D eigenvalue weighted by atomic mass is 9.80. The first-order chi connectivity index (χ1) is 24.0. The van der Waals surface area contributed by atoms with Crippen LogP contribution in [0, 0.1) is 6.92 Å². The van der Waals surface area contributed by atoms with Gasteiger partial charge in [0.05, 0.1) is 32.1 Å². The third-order valence-corrected chi connectivity index (χ3v) is 10.7. The lowest BCUT2D eigenvalue weighted by molar-refractivity contribution is -0.275. The number of anilines is 1. The molecule has 2 heterocycles. The lowest BCUT2D eigenvalue weighted by Crippen LogP contribution is -2.59. The Morgan fingerprint density at radius 3 is 2.39 bits per heavy atom. The quantitative estimate of drug-likeness (QED) is 0.264. The van der Waals surface area contributed by atoms with Crippen molar-refractivity contribution in [3.05, 3.63) is 76.3 Å². The van der Waals surface area contributed by atoms with Crippen LogP contribution >= 0.6 is 11.6 Å². The van der Waals surface area contributed by atoms with E-state index in [1.54, 1.807) is 30.0 Å². The van der Waals surface area contributed by atoms with Gasteiger partial charge in [0.25, 0.3) is 15.9 Å². The summed E-state index contributed by atoms with van der Waals surface area (Å²) in [6, 6.07) is 10.6. The molecule has 2 aliphatic heterocycles. The number of aliphatic hydroxyl groups excluding tert-OH is 1. The summed E-state index contributed by atoms with van der Waals surface area (Å²) in [4.78, 5) is 31.4. The van der Waals surface area contributed by atoms with Gasteiger partial charge in [-0.3, -0.25) is 14.5 Å². The number of carbonyl (C=O) groups excluding carboxylic acids is 2. The van der Waals surface area contributed by atoms with Gasteiger partial charge in [0.15, 0.2) is 11.3 Å². The Labute approximate surface area is 298 Å². The molecule has 0 bridgehead atoms.